The number of nitrogens with zero attached hydrogens (tertiary/aromatic N) is 3. The molecule has 7 heteroatoms. The van der Waals surface area contributed by atoms with Crippen molar-refractivity contribution in [2.45, 2.75) is 12.8 Å². The minimum Gasteiger partial charge on any atom is -0.508 e. The third-order valence-corrected chi connectivity index (χ3v) is 5.08. The molecule has 29 heavy (non-hydrogen) atoms. The zero-order valence-corrected chi connectivity index (χ0v) is 19.5. The van der Waals surface area contributed by atoms with Gasteiger partial charge in [-0.1, -0.05) is 24.3 Å². The molecule has 2 N–H and O–H groups in total. The first-order valence-corrected chi connectivity index (χ1v) is 9.82. The lowest BCUT2D eigenvalue weighted by atomic mass is 10.1. The van der Waals surface area contributed by atoms with Crippen LogP contribution in [0.15, 0.2) is 53.5 Å². The van der Waals surface area contributed by atoms with E-state index in [-0.39, 0.29) is 24.0 Å². The topological polar surface area (TPSA) is 60.3 Å². The van der Waals surface area contributed by atoms with E-state index in [1.165, 1.54) is 5.56 Å². The Morgan fingerprint density at radius 1 is 1.07 bits per heavy atom. The zero-order chi connectivity index (χ0) is 19.8. The predicted molar refractivity (Wildman–Crippen MR) is 130 cm³/mol. The highest BCUT2D eigenvalue weighted by molar-refractivity contribution is 14.0. The van der Waals surface area contributed by atoms with Crippen molar-refractivity contribution in [3.63, 3.8) is 0 Å². The second kappa shape index (κ2) is 11.7. The number of aliphatic imine (C=N–C) groups is 1. The molecule has 0 amide bonds. The molecule has 2 aromatic rings. The van der Waals surface area contributed by atoms with Gasteiger partial charge in [0.15, 0.2) is 5.96 Å². The molecular weight excluding hydrogens is 479 g/mol. The molecule has 0 unspecified atom stereocenters. The van der Waals surface area contributed by atoms with Crippen molar-refractivity contribution in [1.29, 1.82) is 0 Å². The summed E-state index contributed by atoms with van der Waals surface area (Å²) >= 11 is 0. The Bertz CT molecular complexity index is 775. The number of aryl methyl sites for hydroxylation is 1. The van der Waals surface area contributed by atoms with Crippen LogP contribution < -0.4 is 15.0 Å². The molecule has 158 valence electrons. The van der Waals surface area contributed by atoms with E-state index in [9.17, 15) is 5.11 Å². The molecule has 3 rings (SSSR count). The van der Waals surface area contributed by atoms with Crippen molar-refractivity contribution in [3.05, 3.63) is 54.1 Å². The number of rotatable bonds is 6. The highest BCUT2D eigenvalue weighted by Gasteiger charge is 2.21. The Morgan fingerprint density at radius 2 is 1.76 bits per heavy atom. The number of para-hydroxylation sites is 2. The molecule has 2 aromatic carbocycles. The van der Waals surface area contributed by atoms with Crippen LogP contribution in [0.5, 0.6) is 11.5 Å². The van der Waals surface area contributed by atoms with Gasteiger partial charge >= 0.3 is 0 Å². The van der Waals surface area contributed by atoms with Crippen molar-refractivity contribution in [1.82, 2.24) is 10.2 Å². The van der Waals surface area contributed by atoms with Crippen LogP contribution >= 0.6 is 24.0 Å². The highest BCUT2D eigenvalue weighted by atomic mass is 127. The van der Waals surface area contributed by atoms with Crippen molar-refractivity contribution in [2.24, 2.45) is 4.99 Å². The van der Waals surface area contributed by atoms with Crippen LogP contribution in [0.4, 0.5) is 5.69 Å². The molecule has 1 saturated heterocycles. The second-order valence-electron chi connectivity index (χ2n) is 6.89. The Hall–Kier alpha value is -2.16. The van der Waals surface area contributed by atoms with E-state index in [4.69, 9.17) is 4.74 Å². The molecule has 6 nitrogen and oxygen atoms in total. The molecule has 1 heterocycles. The van der Waals surface area contributed by atoms with Gasteiger partial charge in [0.05, 0.1) is 12.8 Å². The molecule has 0 aromatic heterocycles. The molecule has 0 bridgehead atoms. The van der Waals surface area contributed by atoms with Crippen LogP contribution in [0.2, 0.25) is 0 Å². The summed E-state index contributed by atoms with van der Waals surface area (Å²) < 4.78 is 5.50. The molecule has 0 aliphatic carbocycles. The lowest BCUT2D eigenvalue weighted by Gasteiger charge is -2.38. The van der Waals surface area contributed by atoms with E-state index in [0.29, 0.717) is 5.75 Å². The highest BCUT2D eigenvalue weighted by Crippen LogP contribution is 2.28. The number of hydrogen-bond acceptors (Lipinski definition) is 4. The summed E-state index contributed by atoms with van der Waals surface area (Å²) in [5, 5.41) is 12.8. The molecule has 0 radical (unpaired) electrons. The average molecular weight is 510 g/mol. The first-order chi connectivity index (χ1) is 13.7. The fourth-order valence-corrected chi connectivity index (χ4v) is 3.54. The van der Waals surface area contributed by atoms with E-state index < -0.39 is 0 Å². The fourth-order valence-electron chi connectivity index (χ4n) is 3.54. The number of phenols is 1. The summed E-state index contributed by atoms with van der Waals surface area (Å²) in [6.07, 6.45) is 2.00. The monoisotopic (exact) mass is 510 g/mol. The van der Waals surface area contributed by atoms with Gasteiger partial charge in [0.25, 0.3) is 0 Å². The molecule has 1 fully saturated rings. The number of methoxy groups -OCH3 is 1. The van der Waals surface area contributed by atoms with E-state index in [1.54, 1.807) is 19.2 Å². The maximum absolute atomic E-state index is 9.35. The number of ether oxygens (including phenoxy) is 1. The number of aromatic hydroxyl groups is 1. The molecule has 0 atom stereocenters. The fraction of sp³-hybridized carbons (Fsp3) is 0.409. The van der Waals surface area contributed by atoms with Gasteiger partial charge in [-0.3, -0.25) is 4.99 Å². The third kappa shape index (κ3) is 6.42. The standard InChI is InChI=1S/C22H30N4O2.HI/c1-23-22(24-13-5-6-18-9-11-19(27)12-10-18)26-16-14-25(15-17-26)20-7-3-4-8-21(20)28-2;/h3-4,7-12,27H,5-6,13-17H2,1-2H3,(H,23,24);1H. The number of nitrogens with one attached hydrogen (secondary N) is 1. The lowest BCUT2D eigenvalue weighted by Crippen LogP contribution is -2.52. The number of benzene rings is 2. The molecule has 0 saturated carbocycles. The molecule has 0 spiro atoms. The van der Waals surface area contributed by atoms with Crippen LogP contribution in [0.25, 0.3) is 0 Å². The Kier molecular flexibility index (Phi) is 9.37. The quantitative estimate of drug-likeness (QED) is 0.270. The number of hydrogen-bond donors (Lipinski definition) is 2. The van der Waals surface area contributed by atoms with Crippen LogP contribution in [0.1, 0.15) is 12.0 Å². The maximum Gasteiger partial charge on any atom is 0.193 e. The SMILES string of the molecule is CN=C(NCCCc1ccc(O)cc1)N1CCN(c2ccccc2OC)CC1.I. The van der Waals surface area contributed by atoms with Gasteiger partial charge in [0.2, 0.25) is 0 Å². The van der Waals surface area contributed by atoms with Gasteiger partial charge in [0.1, 0.15) is 11.5 Å². The minimum absolute atomic E-state index is 0. The molecular formula is C22H31IN4O2. The minimum atomic E-state index is 0. The number of guanidine groups is 1. The van der Waals surface area contributed by atoms with Crippen molar-refractivity contribution in [2.75, 3.05) is 51.8 Å². The van der Waals surface area contributed by atoms with Crippen LogP contribution in [-0.2, 0) is 6.42 Å². The second-order valence-corrected chi connectivity index (χ2v) is 6.89. The van der Waals surface area contributed by atoms with E-state index in [1.807, 2.05) is 31.3 Å². The van der Waals surface area contributed by atoms with Gasteiger partial charge in [-0.05, 0) is 42.7 Å². The number of anilines is 1. The summed E-state index contributed by atoms with van der Waals surface area (Å²) in [5.41, 5.74) is 2.39. The van der Waals surface area contributed by atoms with E-state index in [2.05, 4.69) is 32.2 Å². The molecule has 1 aliphatic heterocycles. The largest absolute Gasteiger partial charge is 0.508 e. The Morgan fingerprint density at radius 3 is 2.41 bits per heavy atom. The summed E-state index contributed by atoms with van der Waals surface area (Å²) in [6, 6.07) is 15.6. The summed E-state index contributed by atoms with van der Waals surface area (Å²) in [6.45, 7) is 4.61. The first kappa shape index (κ1) is 23.1. The van der Waals surface area contributed by atoms with Crippen LogP contribution in [-0.4, -0.2) is 62.8 Å². The van der Waals surface area contributed by atoms with Gasteiger partial charge < -0.3 is 25.0 Å². The smallest absolute Gasteiger partial charge is 0.193 e. The van der Waals surface area contributed by atoms with Gasteiger partial charge in [-0.2, -0.15) is 0 Å². The van der Waals surface area contributed by atoms with Crippen molar-refractivity contribution in [3.8, 4) is 11.5 Å². The van der Waals surface area contributed by atoms with Crippen molar-refractivity contribution >= 4 is 35.6 Å². The van der Waals surface area contributed by atoms with Crippen LogP contribution in [0.3, 0.4) is 0 Å². The Labute approximate surface area is 190 Å². The predicted octanol–water partition coefficient (Wildman–Crippen LogP) is 3.35. The van der Waals surface area contributed by atoms with Gasteiger partial charge in [-0.25, -0.2) is 0 Å². The average Bonchev–Trinajstić information content (AvgIpc) is 2.75. The normalized spacial score (nSPS) is 14.3. The van der Waals surface area contributed by atoms with E-state index >= 15 is 0 Å². The first-order valence-electron chi connectivity index (χ1n) is 9.82. The van der Waals surface area contributed by atoms with Gasteiger partial charge in [0, 0.05) is 39.8 Å². The number of piperazine rings is 1. The maximum atomic E-state index is 9.35. The Balaban J connectivity index is 0.00000300. The summed E-state index contributed by atoms with van der Waals surface area (Å²) in [4.78, 5) is 9.14. The molecule has 1 aliphatic rings. The third-order valence-electron chi connectivity index (χ3n) is 5.08. The summed E-state index contributed by atoms with van der Waals surface area (Å²) in [5.74, 6) is 2.20. The number of phenolic OH excluding ortho intramolecular Hbond substituents is 1. The van der Waals surface area contributed by atoms with Crippen molar-refractivity contribution < 1.29 is 9.84 Å². The van der Waals surface area contributed by atoms with Gasteiger partial charge in [-0.15, -0.1) is 24.0 Å². The van der Waals surface area contributed by atoms with Crippen LogP contribution in [0, 0.1) is 0 Å². The van der Waals surface area contributed by atoms with E-state index in [0.717, 1.165) is 63.0 Å². The lowest BCUT2D eigenvalue weighted by molar-refractivity contribution is 0.367. The number of halogens is 1. The zero-order valence-electron chi connectivity index (χ0n) is 17.2. The summed E-state index contributed by atoms with van der Waals surface area (Å²) in [7, 11) is 3.56.